The second-order valence-electron chi connectivity index (χ2n) is 4.21. The van der Waals surface area contributed by atoms with E-state index in [4.69, 9.17) is 28.2 Å². The molecule has 1 aromatic carbocycles. The first-order valence-electron chi connectivity index (χ1n) is 6.03. The number of amides is 1. The number of carbonyl (C=O) groups is 1. The van der Waals surface area contributed by atoms with Crippen molar-refractivity contribution in [3.63, 3.8) is 0 Å². The average molecular weight is 337 g/mol. The second-order valence-corrected chi connectivity index (χ2v) is 6.26. The van der Waals surface area contributed by atoms with E-state index < -0.39 is 0 Å². The quantitative estimate of drug-likeness (QED) is 0.632. The fourth-order valence-electron chi connectivity index (χ4n) is 1.77. The van der Waals surface area contributed by atoms with Gasteiger partial charge in [-0.25, -0.2) is 0 Å². The zero-order chi connectivity index (χ0) is 14.8. The maximum Gasteiger partial charge on any atom is 0.259 e. The van der Waals surface area contributed by atoms with Gasteiger partial charge in [0.25, 0.3) is 5.91 Å². The first-order chi connectivity index (χ1) is 10.1. The number of hydrogen-bond donors (Lipinski definition) is 0. The number of halogens is 1. The van der Waals surface area contributed by atoms with Crippen LogP contribution in [0.2, 0.25) is 5.02 Å². The third kappa shape index (κ3) is 3.18. The minimum Gasteiger partial charge on any atom is -0.455 e. The monoisotopic (exact) mass is 336 g/mol. The summed E-state index contributed by atoms with van der Waals surface area (Å²) in [6.07, 6.45) is 1.48. The molecule has 0 aliphatic carbocycles. The molecular weight excluding hydrogens is 328 g/mol. The van der Waals surface area contributed by atoms with Crippen LogP contribution >= 0.6 is 35.6 Å². The van der Waals surface area contributed by atoms with Gasteiger partial charge in [0, 0.05) is 10.6 Å². The van der Waals surface area contributed by atoms with Crippen molar-refractivity contribution in [3.8, 4) is 11.3 Å². The lowest BCUT2D eigenvalue weighted by molar-refractivity contribution is -0.123. The van der Waals surface area contributed by atoms with E-state index in [1.165, 1.54) is 23.0 Å². The molecule has 7 heteroatoms. The van der Waals surface area contributed by atoms with Crippen LogP contribution in [0.15, 0.2) is 45.9 Å². The van der Waals surface area contributed by atoms with Gasteiger partial charge in [-0.2, -0.15) is 10.1 Å². The first-order valence-corrected chi connectivity index (χ1v) is 7.80. The Balaban J connectivity index is 1.77. The molecule has 21 heavy (non-hydrogen) atoms. The van der Waals surface area contributed by atoms with E-state index in [0.717, 1.165) is 5.56 Å². The minimum absolute atomic E-state index is 0.120. The Kier molecular flexibility index (Phi) is 4.10. The van der Waals surface area contributed by atoms with E-state index in [1.54, 1.807) is 18.2 Å². The lowest BCUT2D eigenvalue weighted by Gasteiger charge is -2.05. The van der Waals surface area contributed by atoms with Gasteiger partial charge in [0.2, 0.25) is 0 Å². The number of rotatable bonds is 3. The SMILES string of the molecule is O=C1CSC(=S)N1/N=C/c1ccc(-c2ccc(Cl)cc2)o1. The van der Waals surface area contributed by atoms with Crippen molar-refractivity contribution in [1.29, 1.82) is 0 Å². The fourth-order valence-corrected chi connectivity index (χ4v) is 2.86. The van der Waals surface area contributed by atoms with Crippen molar-refractivity contribution in [2.24, 2.45) is 5.10 Å². The molecule has 0 bridgehead atoms. The highest BCUT2D eigenvalue weighted by molar-refractivity contribution is 8.23. The van der Waals surface area contributed by atoms with Crippen LogP contribution in [0.25, 0.3) is 11.3 Å². The van der Waals surface area contributed by atoms with E-state index in [2.05, 4.69) is 5.10 Å². The molecule has 0 radical (unpaired) electrons. The summed E-state index contributed by atoms with van der Waals surface area (Å²) in [6, 6.07) is 11.0. The molecule has 2 aromatic rings. The van der Waals surface area contributed by atoms with Crippen molar-refractivity contribution in [1.82, 2.24) is 5.01 Å². The lowest BCUT2D eigenvalue weighted by atomic mass is 10.2. The van der Waals surface area contributed by atoms with Gasteiger partial charge in [-0.15, -0.1) is 0 Å². The normalized spacial score (nSPS) is 15.4. The van der Waals surface area contributed by atoms with E-state index in [1.807, 2.05) is 18.2 Å². The van der Waals surface area contributed by atoms with Crippen LogP contribution < -0.4 is 0 Å². The van der Waals surface area contributed by atoms with Crippen LogP contribution in [-0.2, 0) is 4.79 Å². The summed E-state index contributed by atoms with van der Waals surface area (Å²) >= 11 is 12.2. The number of hydrogen-bond acceptors (Lipinski definition) is 5. The van der Waals surface area contributed by atoms with Crippen molar-refractivity contribution < 1.29 is 9.21 Å². The summed E-state index contributed by atoms with van der Waals surface area (Å²) < 4.78 is 6.12. The highest BCUT2D eigenvalue weighted by Crippen LogP contribution is 2.24. The Morgan fingerprint density at radius 2 is 2.05 bits per heavy atom. The predicted molar refractivity (Wildman–Crippen MR) is 88.6 cm³/mol. The first kappa shape index (κ1) is 14.3. The second kappa shape index (κ2) is 6.01. The number of nitrogens with zero attached hydrogens (tertiary/aromatic N) is 2. The zero-order valence-corrected chi connectivity index (χ0v) is 13.0. The summed E-state index contributed by atoms with van der Waals surface area (Å²) in [5.74, 6) is 1.47. The lowest BCUT2D eigenvalue weighted by Crippen LogP contribution is -2.22. The highest BCUT2D eigenvalue weighted by Gasteiger charge is 2.26. The number of thiocarbonyl (C=S) groups is 1. The Morgan fingerprint density at radius 1 is 1.29 bits per heavy atom. The number of carbonyl (C=O) groups excluding carboxylic acids is 1. The minimum atomic E-state index is -0.120. The van der Waals surface area contributed by atoms with Gasteiger partial charge in [-0.1, -0.05) is 35.6 Å². The van der Waals surface area contributed by atoms with E-state index in [9.17, 15) is 4.79 Å². The molecule has 0 N–H and O–H groups in total. The zero-order valence-electron chi connectivity index (χ0n) is 10.7. The van der Waals surface area contributed by atoms with Crippen LogP contribution in [0.5, 0.6) is 0 Å². The Morgan fingerprint density at radius 3 is 2.71 bits per heavy atom. The summed E-state index contributed by atoms with van der Waals surface area (Å²) in [5.41, 5.74) is 0.919. The molecule has 0 unspecified atom stereocenters. The van der Waals surface area contributed by atoms with Crippen LogP contribution in [0.1, 0.15) is 5.76 Å². The molecule has 106 valence electrons. The number of thioether (sulfide) groups is 1. The van der Waals surface area contributed by atoms with Crippen LogP contribution in [0, 0.1) is 0 Å². The summed E-state index contributed by atoms with van der Waals surface area (Å²) in [5, 5.41) is 5.94. The van der Waals surface area contributed by atoms with Gasteiger partial charge >= 0.3 is 0 Å². The van der Waals surface area contributed by atoms with Gasteiger partial charge in [0.05, 0.1) is 12.0 Å². The third-order valence-corrected chi connectivity index (χ3v) is 4.37. The molecule has 1 saturated heterocycles. The summed E-state index contributed by atoms with van der Waals surface area (Å²) in [7, 11) is 0. The fraction of sp³-hybridized carbons (Fsp3) is 0.0714. The Labute approximate surface area is 135 Å². The van der Waals surface area contributed by atoms with E-state index in [0.29, 0.717) is 26.6 Å². The number of furan rings is 1. The van der Waals surface area contributed by atoms with Crippen molar-refractivity contribution in [2.75, 3.05) is 5.75 Å². The predicted octanol–water partition coefficient (Wildman–Crippen LogP) is 3.79. The Hall–Kier alpha value is -1.63. The summed E-state index contributed by atoms with van der Waals surface area (Å²) in [4.78, 5) is 11.5. The third-order valence-electron chi connectivity index (χ3n) is 2.78. The molecule has 1 aliphatic heterocycles. The Bertz CT molecular complexity index is 709. The molecule has 2 heterocycles. The van der Waals surface area contributed by atoms with Gasteiger partial charge in [-0.05, 0) is 36.4 Å². The van der Waals surface area contributed by atoms with Crippen molar-refractivity contribution >= 4 is 52.0 Å². The van der Waals surface area contributed by atoms with Gasteiger partial charge in [-0.3, -0.25) is 4.79 Å². The molecule has 0 atom stereocenters. The van der Waals surface area contributed by atoms with E-state index >= 15 is 0 Å². The summed E-state index contributed by atoms with van der Waals surface area (Å²) in [6.45, 7) is 0. The standard InChI is InChI=1S/C14H9ClN2O2S2/c15-10-3-1-9(2-4-10)12-6-5-11(19-12)7-16-17-13(18)8-21-14(17)20/h1-7H,8H2/b16-7+. The molecular formula is C14H9ClN2O2S2. The van der Waals surface area contributed by atoms with Crippen molar-refractivity contribution in [2.45, 2.75) is 0 Å². The van der Waals surface area contributed by atoms with Crippen LogP contribution in [-0.4, -0.2) is 27.2 Å². The van der Waals surface area contributed by atoms with Crippen LogP contribution in [0.4, 0.5) is 0 Å². The van der Waals surface area contributed by atoms with Crippen molar-refractivity contribution in [3.05, 3.63) is 47.2 Å². The molecule has 1 aliphatic rings. The maximum atomic E-state index is 11.5. The molecule has 1 aromatic heterocycles. The maximum absolute atomic E-state index is 11.5. The average Bonchev–Trinajstić information content (AvgIpc) is 3.06. The molecule has 3 rings (SSSR count). The van der Waals surface area contributed by atoms with Gasteiger partial charge in [0.1, 0.15) is 11.5 Å². The van der Waals surface area contributed by atoms with Gasteiger partial charge in [0.15, 0.2) is 4.32 Å². The topological polar surface area (TPSA) is 45.8 Å². The molecule has 1 fully saturated rings. The van der Waals surface area contributed by atoms with Gasteiger partial charge < -0.3 is 4.42 Å². The molecule has 0 spiro atoms. The van der Waals surface area contributed by atoms with E-state index in [-0.39, 0.29) is 5.91 Å². The molecule has 0 saturated carbocycles. The number of hydrazone groups is 1. The molecule has 4 nitrogen and oxygen atoms in total. The number of benzene rings is 1. The highest BCUT2D eigenvalue weighted by atomic mass is 35.5. The smallest absolute Gasteiger partial charge is 0.259 e. The largest absolute Gasteiger partial charge is 0.455 e. The van der Waals surface area contributed by atoms with Crippen LogP contribution in [0.3, 0.4) is 0 Å². The molecule has 1 amide bonds.